The quantitative estimate of drug-likeness (QED) is 0.712. The smallest absolute Gasteiger partial charge is 0.407 e. The Bertz CT molecular complexity index is 358. The van der Waals surface area contributed by atoms with Gasteiger partial charge in [-0.2, -0.15) is 0 Å². The fourth-order valence-corrected chi connectivity index (χ4v) is 2.79. The Kier molecular flexibility index (Phi) is 5.19. The van der Waals surface area contributed by atoms with Crippen LogP contribution in [0.3, 0.4) is 0 Å². The summed E-state index contributed by atoms with van der Waals surface area (Å²) in [5.41, 5.74) is 0. The Hall–Kier alpha value is -1.34. The van der Waals surface area contributed by atoms with Crippen molar-refractivity contribution in [2.45, 2.75) is 25.4 Å². The molecule has 2 fully saturated rings. The molecule has 0 radical (unpaired) electrons. The van der Waals surface area contributed by atoms with Crippen molar-refractivity contribution in [3.05, 3.63) is 0 Å². The van der Waals surface area contributed by atoms with Crippen molar-refractivity contribution < 1.29 is 14.3 Å². The Labute approximate surface area is 119 Å². The normalized spacial score (nSPS) is 25.3. The van der Waals surface area contributed by atoms with Gasteiger partial charge in [0.1, 0.15) is 0 Å². The monoisotopic (exact) mass is 284 g/mol. The molecule has 20 heavy (non-hydrogen) atoms. The van der Waals surface area contributed by atoms with Crippen LogP contribution in [-0.2, 0) is 9.53 Å². The lowest BCUT2D eigenvalue weighted by Gasteiger charge is -2.33. The van der Waals surface area contributed by atoms with E-state index in [0.29, 0.717) is 6.54 Å². The van der Waals surface area contributed by atoms with Gasteiger partial charge in [-0.3, -0.25) is 9.69 Å². The minimum absolute atomic E-state index is 0.0701. The lowest BCUT2D eigenvalue weighted by Crippen LogP contribution is -2.53. The maximum atomic E-state index is 12.4. The number of hydrogen-bond acceptors (Lipinski definition) is 5. The number of nitrogens with one attached hydrogen (secondary N) is 2. The van der Waals surface area contributed by atoms with Gasteiger partial charge in [-0.05, 0) is 13.3 Å². The SMILES string of the molecule is COC(=O)NC1CCN(C(C)C(=O)N2CCNCC2)C1. The molecule has 0 bridgehead atoms. The van der Waals surface area contributed by atoms with Crippen molar-refractivity contribution in [1.29, 1.82) is 0 Å². The standard InChI is InChI=1S/C13H24N4O3/c1-10(12(18)16-7-4-14-5-8-16)17-6-3-11(9-17)15-13(19)20-2/h10-11,14H,3-9H2,1-2H3,(H,15,19). The molecule has 0 aromatic rings. The number of nitrogens with zero attached hydrogens (tertiary/aromatic N) is 2. The molecule has 2 unspecified atom stereocenters. The average Bonchev–Trinajstić information content (AvgIpc) is 2.95. The molecule has 2 atom stereocenters. The van der Waals surface area contributed by atoms with E-state index in [-0.39, 0.29) is 18.0 Å². The van der Waals surface area contributed by atoms with Crippen molar-refractivity contribution in [2.24, 2.45) is 0 Å². The van der Waals surface area contributed by atoms with Crippen LogP contribution in [0.4, 0.5) is 4.79 Å². The molecule has 2 amide bonds. The first-order valence-electron chi connectivity index (χ1n) is 7.20. The van der Waals surface area contributed by atoms with E-state index in [1.54, 1.807) is 0 Å². The minimum atomic E-state index is -0.405. The Balaban J connectivity index is 1.82. The number of carbonyl (C=O) groups is 2. The molecule has 2 saturated heterocycles. The van der Waals surface area contributed by atoms with Crippen molar-refractivity contribution in [1.82, 2.24) is 20.4 Å². The predicted molar refractivity (Wildman–Crippen MR) is 74.4 cm³/mol. The topological polar surface area (TPSA) is 73.9 Å². The molecule has 2 N–H and O–H groups in total. The maximum Gasteiger partial charge on any atom is 0.407 e. The summed E-state index contributed by atoms with van der Waals surface area (Å²) in [7, 11) is 1.36. The van der Waals surface area contributed by atoms with E-state index in [0.717, 1.165) is 39.1 Å². The summed E-state index contributed by atoms with van der Waals surface area (Å²) in [5.74, 6) is 0.185. The molecule has 7 nitrogen and oxygen atoms in total. The lowest BCUT2D eigenvalue weighted by molar-refractivity contribution is -0.136. The van der Waals surface area contributed by atoms with Gasteiger partial charge in [0.2, 0.25) is 5.91 Å². The van der Waals surface area contributed by atoms with E-state index in [4.69, 9.17) is 0 Å². The summed E-state index contributed by atoms with van der Waals surface area (Å²) in [6, 6.07) is -0.0572. The largest absolute Gasteiger partial charge is 0.453 e. The molecule has 2 aliphatic rings. The predicted octanol–water partition coefficient (Wildman–Crippen LogP) is -0.763. The van der Waals surface area contributed by atoms with Crippen LogP contribution in [0.1, 0.15) is 13.3 Å². The van der Waals surface area contributed by atoms with Gasteiger partial charge >= 0.3 is 6.09 Å². The summed E-state index contributed by atoms with van der Waals surface area (Å²) in [6.45, 7) is 6.77. The van der Waals surface area contributed by atoms with Crippen LogP contribution in [0.25, 0.3) is 0 Å². The summed E-state index contributed by atoms with van der Waals surface area (Å²) in [5, 5.41) is 6.04. The Morgan fingerprint density at radius 3 is 2.65 bits per heavy atom. The van der Waals surface area contributed by atoms with Crippen molar-refractivity contribution in [3.63, 3.8) is 0 Å². The van der Waals surface area contributed by atoms with E-state index in [9.17, 15) is 9.59 Å². The number of ether oxygens (including phenoxy) is 1. The highest BCUT2D eigenvalue weighted by Gasteiger charge is 2.32. The highest BCUT2D eigenvalue weighted by molar-refractivity contribution is 5.81. The number of amides is 2. The zero-order valence-corrected chi connectivity index (χ0v) is 12.2. The summed E-state index contributed by atoms with van der Waals surface area (Å²) < 4.78 is 4.60. The number of likely N-dealkylation sites (tertiary alicyclic amines) is 1. The Morgan fingerprint density at radius 2 is 2.00 bits per heavy atom. The van der Waals surface area contributed by atoms with Crippen LogP contribution in [-0.4, -0.2) is 80.3 Å². The van der Waals surface area contributed by atoms with E-state index in [2.05, 4.69) is 20.3 Å². The van der Waals surface area contributed by atoms with Crippen LogP contribution in [0.15, 0.2) is 0 Å². The minimum Gasteiger partial charge on any atom is -0.453 e. The molecular formula is C13H24N4O3. The van der Waals surface area contributed by atoms with Crippen LogP contribution >= 0.6 is 0 Å². The number of carbonyl (C=O) groups excluding carboxylic acids is 2. The second kappa shape index (κ2) is 6.90. The molecular weight excluding hydrogens is 260 g/mol. The van der Waals surface area contributed by atoms with Gasteiger partial charge in [0, 0.05) is 45.3 Å². The number of rotatable bonds is 3. The van der Waals surface area contributed by atoms with Gasteiger partial charge in [0.15, 0.2) is 0 Å². The summed E-state index contributed by atoms with van der Waals surface area (Å²) in [4.78, 5) is 27.7. The van der Waals surface area contributed by atoms with Crippen molar-refractivity contribution >= 4 is 12.0 Å². The number of piperazine rings is 1. The van der Waals surface area contributed by atoms with Gasteiger partial charge < -0.3 is 20.3 Å². The van der Waals surface area contributed by atoms with E-state index in [1.165, 1.54) is 7.11 Å². The third kappa shape index (κ3) is 3.61. The first-order valence-corrected chi connectivity index (χ1v) is 7.20. The van der Waals surface area contributed by atoms with Crippen LogP contribution in [0.5, 0.6) is 0 Å². The van der Waals surface area contributed by atoms with Gasteiger partial charge in [-0.15, -0.1) is 0 Å². The molecule has 0 saturated carbocycles. The lowest BCUT2D eigenvalue weighted by atomic mass is 10.2. The van der Waals surface area contributed by atoms with Crippen LogP contribution in [0, 0.1) is 0 Å². The van der Waals surface area contributed by atoms with Gasteiger partial charge in [-0.25, -0.2) is 4.79 Å². The van der Waals surface area contributed by atoms with E-state index >= 15 is 0 Å². The molecule has 0 aromatic carbocycles. The fourth-order valence-electron chi connectivity index (χ4n) is 2.79. The maximum absolute atomic E-state index is 12.4. The van der Waals surface area contributed by atoms with Gasteiger partial charge in [0.25, 0.3) is 0 Å². The summed E-state index contributed by atoms with van der Waals surface area (Å²) >= 11 is 0. The van der Waals surface area contributed by atoms with E-state index in [1.807, 2.05) is 11.8 Å². The molecule has 7 heteroatoms. The molecule has 2 aliphatic heterocycles. The molecule has 0 spiro atoms. The first kappa shape index (κ1) is 15.1. The second-order valence-electron chi connectivity index (χ2n) is 5.37. The highest BCUT2D eigenvalue weighted by atomic mass is 16.5. The third-order valence-electron chi connectivity index (χ3n) is 4.06. The number of hydrogen-bond donors (Lipinski definition) is 2. The molecule has 0 aliphatic carbocycles. The number of methoxy groups -OCH3 is 1. The van der Waals surface area contributed by atoms with Crippen molar-refractivity contribution in [3.8, 4) is 0 Å². The highest BCUT2D eigenvalue weighted by Crippen LogP contribution is 2.15. The Morgan fingerprint density at radius 1 is 1.30 bits per heavy atom. The van der Waals surface area contributed by atoms with Crippen molar-refractivity contribution in [2.75, 3.05) is 46.4 Å². The summed E-state index contributed by atoms with van der Waals surface area (Å²) in [6.07, 6.45) is 0.451. The zero-order valence-electron chi connectivity index (χ0n) is 12.2. The zero-order chi connectivity index (χ0) is 14.5. The average molecular weight is 284 g/mol. The third-order valence-corrected chi connectivity index (χ3v) is 4.06. The van der Waals surface area contributed by atoms with Gasteiger partial charge in [0.05, 0.1) is 13.2 Å². The number of alkyl carbamates (subject to hydrolysis) is 1. The molecule has 2 heterocycles. The fraction of sp³-hybridized carbons (Fsp3) is 0.846. The molecule has 114 valence electrons. The van der Waals surface area contributed by atoms with E-state index < -0.39 is 6.09 Å². The van der Waals surface area contributed by atoms with Crippen LogP contribution < -0.4 is 10.6 Å². The van der Waals surface area contributed by atoms with Gasteiger partial charge in [-0.1, -0.05) is 0 Å². The second-order valence-corrected chi connectivity index (χ2v) is 5.37. The molecule has 2 rings (SSSR count). The first-order chi connectivity index (χ1) is 9.61. The van der Waals surface area contributed by atoms with Crippen LogP contribution in [0.2, 0.25) is 0 Å². The molecule has 0 aromatic heterocycles.